The second kappa shape index (κ2) is 9.71. The largest absolute Gasteiger partial charge is 0.507 e. The first-order valence-electron chi connectivity index (χ1n) is 9.71. The van der Waals surface area contributed by atoms with E-state index in [1.165, 1.54) is 6.08 Å². The minimum Gasteiger partial charge on any atom is -0.507 e. The van der Waals surface area contributed by atoms with Crippen LogP contribution in [0, 0.1) is 5.92 Å². The van der Waals surface area contributed by atoms with Crippen molar-refractivity contribution < 1.29 is 30.3 Å². The molecule has 2 rings (SSSR count). The molecule has 0 spiro atoms. The van der Waals surface area contributed by atoms with Gasteiger partial charge >= 0.3 is 0 Å². The van der Waals surface area contributed by atoms with Crippen molar-refractivity contribution in [3.8, 4) is 5.75 Å². The van der Waals surface area contributed by atoms with Crippen molar-refractivity contribution in [2.24, 2.45) is 5.92 Å². The fraction of sp³-hybridized carbons (Fsp3) is 0.619. The lowest BCUT2D eigenvalue weighted by atomic mass is 9.95. The number of phenolic OH excluding ortho intramolecular Hbond substituents is 1. The van der Waals surface area contributed by atoms with Gasteiger partial charge < -0.3 is 35.2 Å². The van der Waals surface area contributed by atoms with Gasteiger partial charge in [0.2, 0.25) is 0 Å². The lowest BCUT2D eigenvalue weighted by Gasteiger charge is -2.27. The normalized spacial score (nSPS) is 32.4. The molecule has 28 heavy (non-hydrogen) atoms. The molecular weight excluding hydrogens is 362 g/mol. The maximum Gasteiger partial charge on any atom is 0.185 e. The fourth-order valence-corrected chi connectivity index (χ4v) is 3.29. The number of aryl methyl sites for hydroxylation is 1. The van der Waals surface area contributed by atoms with Crippen molar-refractivity contribution in [3.63, 3.8) is 0 Å². The van der Waals surface area contributed by atoms with Crippen LogP contribution >= 0.6 is 0 Å². The zero-order valence-electron chi connectivity index (χ0n) is 17.0. The van der Waals surface area contributed by atoms with E-state index in [4.69, 9.17) is 4.74 Å². The maximum absolute atomic E-state index is 10.7. The van der Waals surface area contributed by atoms with Gasteiger partial charge in [-0.1, -0.05) is 19.1 Å². The minimum absolute atomic E-state index is 0.0489. The van der Waals surface area contributed by atoms with Gasteiger partial charge in [0.25, 0.3) is 0 Å². The number of anilines is 1. The fourth-order valence-electron chi connectivity index (χ4n) is 3.29. The Morgan fingerprint density at radius 2 is 1.71 bits per heavy atom. The average Bonchev–Trinajstić information content (AvgIpc) is 2.63. The van der Waals surface area contributed by atoms with Crippen LogP contribution in [-0.2, 0) is 11.2 Å². The third kappa shape index (κ3) is 5.46. The van der Waals surface area contributed by atoms with Gasteiger partial charge in [-0.2, -0.15) is 0 Å². The van der Waals surface area contributed by atoms with Gasteiger partial charge in [-0.05, 0) is 37.8 Å². The van der Waals surface area contributed by atoms with E-state index in [0.29, 0.717) is 24.0 Å². The maximum atomic E-state index is 10.7. The van der Waals surface area contributed by atoms with E-state index in [2.05, 4.69) is 0 Å². The molecule has 1 aliphatic heterocycles. The molecule has 1 aromatic rings. The highest BCUT2D eigenvalue weighted by molar-refractivity contribution is 5.56. The van der Waals surface area contributed by atoms with Crippen molar-refractivity contribution in [2.45, 2.75) is 63.8 Å². The van der Waals surface area contributed by atoms with Crippen LogP contribution in [0.4, 0.5) is 5.69 Å². The van der Waals surface area contributed by atoms with Gasteiger partial charge in [-0.3, -0.25) is 0 Å². The van der Waals surface area contributed by atoms with Gasteiger partial charge in [0.1, 0.15) is 18.0 Å². The molecule has 158 valence electrons. The summed E-state index contributed by atoms with van der Waals surface area (Å²) in [6.07, 6.45) is -0.924. The van der Waals surface area contributed by atoms with Crippen LogP contribution in [0.2, 0.25) is 0 Å². The first-order chi connectivity index (χ1) is 13.1. The monoisotopic (exact) mass is 395 g/mol. The Morgan fingerprint density at radius 3 is 2.36 bits per heavy atom. The van der Waals surface area contributed by atoms with Crippen molar-refractivity contribution in [3.05, 3.63) is 35.4 Å². The van der Waals surface area contributed by atoms with Crippen LogP contribution in [0.25, 0.3) is 0 Å². The average molecular weight is 395 g/mol. The summed E-state index contributed by atoms with van der Waals surface area (Å²) >= 11 is 0. The van der Waals surface area contributed by atoms with Gasteiger partial charge in [0.15, 0.2) is 6.29 Å². The van der Waals surface area contributed by atoms with E-state index in [0.717, 1.165) is 5.69 Å². The van der Waals surface area contributed by atoms with Crippen LogP contribution < -0.4 is 4.90 Å². The summed E-state index contributed by atoms with van der Waals surface area (Å²) in [7, 11) is 3.71. The summed E-state index contributed by atoms with van der Waals surface area (Å²) in [6.45, 7) is 3.64. The van der Waals surface area contributed by atoms with Crippen molar-refractivity contribution in [1.29, 1.82) is 0 Å². The Bertz CT molecular complexity index is 677. The van der Waals surface area contributed by atoms with E-state index < -0.39 is 30.7 Å². The van der Waals surface area contributed by atoms with E-state index >= 15 is 0 Å². The number of hydrogen-bond acceptors (Lipinski definition) is 7. The smallest absolute Gasteiger partial charge is 0.185 e. The number of nitrogens with zero attached hydrogens (tertiary/aromatic N) is 1. The third-order valence-corrected chi connectivity index (χ3v) is 5.38. The number of fused-ring (bicyclic) bond motifs is 1. The van der Waals surface area contributed by atoms with Crippen LogP contribution in [0.1, 0.15) is 44.1 Å². The molecule has 0 amide bonds. The first-order valence-corrected chi connectivity index (χ1v) is 9.71. The molecule has 5 N–H and O–H groups in total. The molecule has 7 nitrogen and oxygen atoms in total. The van der Waals surface area contributed by atoms with Gasteiger partial charge in [0.05, 0.1) is 17.8 Å². The predicted molar refractivity (Wildman–Crippen MR) is 107 cm³/mol. The number of rotatable bonds is 1. The molecule has 0 bridgehead atoms. The van der Waals surface area contributed by atoms with Crippen molar-refractivity contribution in [1.82, 2.24) is 0 Å². The zero-order valence-corrected chi connectivity index (χ0v) is 17.0. The second-order valence-corrected chi connectivity index (χ2v) is 7.81. The van der Waals surface area contributed by atoms with Crippen LogP contribution in [-0.4, -0.2) is 64.0 Å². The Hall–Kier alpha value is -1.64. The molecular formula is C21H33NO6. The van der Waals surface area contributed by atoms with Crippen molar-refractivity contribution in [2.75, 3.05) is 19.0 Å². The van der Waals surface area contributed by atoms with E-state index in [-0.39, 0.29) is 18.1 Å². The molecule has 0 aliphatic carbocycles. The molecule has 0 saturated heterocycles. The lowest BCUT2D eigenvalue weighted by molar-refractivity contribution is -0.144. The molecule has 1 heterocycles. The number of phenols is 1. The highest BCUT2D eigenvalue weighted by Crippen LogP contribution is 2.35. The first kappa shape index (κ1) is 22.6. The molecule has 0 fully saturated rings. The van der Waals surface area contributed by atoms with Gasteiger partial charge in [-0.15, -0.1) is 0 Å². The molecule has 0 saturated carbocycles. The standard InChI is InChI=1S/C21H33NO6/c1-12-8-9-17(24)20(26)16(23)7-5-6-14-10-15(22(3)4)11-18(25)19(14)21(27)28-13(12)2/h8-13,16-17,20-21,23-27H,5-7H2,1-4H3/t12-,13+,16+,17+,20+,21+/m1/s1. The summed E-state index contributed by atoms with van der Waals surface area (Å²) in [5.41, 5.74) is 1.82. The molecule has 0 aromatic heterocycles. The lowest BCUT2D eigenvalue weighted by Crippen LogP contribution is -2.36. The summed E-state index contributed by atoms with van der Waals surface area (Å²) < 4.78 is 5.74. The van der Waals surface area contributed by atoms with E-state index in [1.807, 2.05) is 32.0 Å². The molecule has 1 aromatic carbocycles. The third-order valence-electron chi connectivity index (χ3n) is 5.38. The summed E-state index contributed by atoms with van der Waals surface area (Å²) in [6, 6.07) is 3.46. The van der Waals surface area contributed by atoms with Gasteiger partial charge in [-0.25, -0.2) is 0 Å². The number of aromatic hydroxyl groups is 1. The van der Waals surface area contributed by atoms with Crippen LogP contribution in [0.15, 0.2) is 24.3 Å². The molecule has 6 atom stereocenters. The Labute approximate surface area is 166 Å². The van der Waals surface area contributed by atoms with Gasteiger partial charge in [0, 0.05) is 31.8 Å². The Morgan fingerprint density at radius 1 is 1.04 bits per heavy atom. The van der Waals surface area contributed by atoms with Crippen LogP contribution in [0.3, 0.4) is 0 Å². The summed E-state index contributed by atoms with van der Waals surface area (Å²) in [5.74, 6) is -0.226. The molecule has 0 radical (unpaired) electrons. The Balaban J connectivity index is 2.41. The zero-order chi connectivity index (χ0) is 21.0. The van der Waals surface area contributed by atoms with Crippen molar-refractivity contribution >= 4 is 5.69 Å². The molecule has 1 aliphatic rings. The molecule has 0 unspecified atom stereocenters. The van der Waals surface area contributed by atoms with E-state index in [9.17, 15) is 25.5 Å². The highest BCUT2D eigenvalue weighted by Gasteiger charge is 2.26. The van der Waals surface area contributed by atoms with Crippen LogP contribution in [0.5, 0.6) is 5.75 Å². The number of ether oxygens (including phenoxy) is 1. The number of aliphatic hydroxyl groups excluding tert-OH is 4. The number of benzene rings is 1. The quantitative estimate of drug-likeness (QED) is 0.458. The topological polar surface area (TPSA) is 114 Å². The summed E-state index contributed by atoms with van der Waals surface area (Å²) in [5, 5.41) is 51.6. The highest BCUT2D eigenvalue weighted by atomic mass is 16.6. The summed E-state index contributed by atoms with van der Waals surface area (Å²) in [4.78, 5) is 1.85. The SMILES string of the molecule is C[C@@H]1C=C[C@H](O)[C@@H](O)[C@@H](O)CCCc2cc(N(C)C)cc(O)c2[C@@H](O)O[C@H]1C. The number of hydrogen-bond donors (Lipinski definition) is 5. The second-order valence-electron chi connectivity index (χ2n) is 7.81. The van der Waals surface area contributed by atoms with E-state index in [1.54, 1.807) is 19.1 Å². The predicted octanol–water partition coefficient (Wildman–Crippen LogP) is 1.47. The number of aliphatic hydroxyl groups is 4. The molecule has 7 heteroatoms. The minimum atomic E-state index is -1.31. The Kier molecular flexibility index (Phi) is 7.86.